The number of anilines is 2. The summed E-state index contributed by atoms with van der Waals surface area (Å²) in [7, 11) is 2.11. The summed E-state index contributed by atoms with van der Waals surface area (Å²) < 4.78 is 6.62. The molecule has 4 heterocycles. The molecule has 4 aromatic rings. The largest absolute Gasteiger partial charge is 0.328 e. The molecule has 0 saturated carbocycles. The Balaban J connectivity index is 1.62. The molecule has 0 aliphatic rings. The van der Waals surface area contributed by atoms with Crippen molar-refractivity contribution in [2.24, 2.45) is 0 Å². The minimum atomic E-state index is 0.0980. The number of hydrogen-bond acceptors (Lipinski definition) is 7. The molecule has 0 radical (unpaired) electrons. The Morgan fingerprint density at radius 3 is 2.82 bits per heavy atom. The Kier molecular flexibility index (Phi) is 4.64. The maximum Gasteiger partial charge on any atom is 0.180 e. The lowest BCUT2D eigenvalue weighted by Gasteiger charge is -2.31. The van der Waals surface area contributed by atoms with Gasteiger partial charge in [-0.25, -0.2) is 9.97 Å². The molecule has 0 bridgehead atoms. The lowest BCUT2D eigenvalue weighted by molar-refractivity contribution is 0.166. The topological polar surface area (TPSA) is 87.0 Å². The number of H-pyrrole nitrogens is 1. The summed E-state index contributed by atoms with van der Waals surface area (Å²) >= 11 is 1.44. The molecule has 0 aliphatic heterocycles. The van der Waals surface area contributed by atoms with Gasteiger partial charge in [0.15, 0.2) is 11.5 Å². The zero-order chi connectivity index (χ0) is 19.9. The molecule has 0 spiro atoms. The number of aromatic nitrogens is 6. The fraction of sp³-hybridized carbons (Fsp3) is 0.368. The van der Waals surface area contributed by atoms with Crippen LogP contribution < -0.4 is 5.32 Å². The van der Waals surface area contributed by atoms with E-state index in [1.54, 1.807) is 6.20 Å². The summed E-state index contributed by atoms with van der Waals surface area (Å²) in [5, 5.41) is 11.2. The van der Waals surface area contributed by atoms with Crippen LogP contribution in [0.2, 0.25) is 0 Å². The van der Waals surface area contributed by atoms with E-state index in [2.05, 4.69) is 68.6 Å². The maximum absolute atomic E-state index is 4.65. The molecule has 0 atom stereocenters. The SMILES string of the molecule is Cc1cn2c(-c3cn[nH]c3)cnc2c(Nc2cc(CN(C)C(C)(C)C)ns2)n1. The van der Waals surface area contributed by atoms with E-state index in [4.69, 9.17) is 0 Å². The van der Waals surface area contributed by atoms with E-state index >= 15 is 0 Å². The van der Waals surface area contributed by atoms with Crippen LogP contribution in [0.5, 0.6) is 0 Å². The fourth-order valence-corrected chi connectivity index (χ4v) is 3.50. The van der Waals surface area contributed by atoms with Crippen molar-refractivity contribution < 1.29 is 0 Å². The van der Waals surface area contributed by atoms with Gasteiger partial charge in [0, 0.05) is 30.0 Å². The van der Waals surface area contributed by atoms with Gasteiger partial charge in [-0.05, 0) is 52.3 Å². The zero-order valence-corrected chi connectivity index (χ0v) is 17.5. The van der Waals surface area contributed by atoms with Crippen molar-refractivity contribution in [3.8, 4) is 11.3 Å². The predicted molar refractivity (Wildman–Crippen MR) is 112 cm³/mol. The molecule has 0 fully saturated rings. The monoisotopic (exact) mass is 396 g/mol. The predicted octanol–water partition coefficient (Wildman–Crippen LogP) is 3.86. The Morgan fingerprint density at radius 2 is 2.11 bits per heavy atom. The Morgan fingerprint density at radius 1 is 1.29 bits per heavy atom. The molecule has 0 saturated heterocycles. The summed E-state index contributed by atoms with van der Waals surface area (Å²) in [5.41, 5.74) is 4.75. The molecule has 2 N–H and O–H groups in total. The summed E-state index contributed by atoms with van der Waals surface area (Å²) in [4.78, 5) is 11.5. The first-order valence-corrected chi connectivity index (χ1v) is 9.86. The number of fused-ring (bicyclic) bond motifs is 1. The summed E-state index contributed by atoms with van der Waals surface area (Å²) in [6.45, 7) is 9.36. The number of nitrogens with zero attached hydrogens (tertiary/aromatic N) is 6. The van der Waals surface area contributed by atoms with Crippen molar-refractivity contribution in [1.82, 2.24) is 33.8 Å². The summed E-state index contributed by atoms with van der Waals surface area (Å²) in [6, 6.07) is 2.08. The quantitative estimate of drug-likeness (QED) is 0.533. The van der Waals surface area contributed by atoms with Crippen molar-refractivity contribution >= 4 is 28.0 Å². The highest BCUT2D eigenvalue weighted by Gasteiger charge is 2.19. The van der Waals surface area contributed by atoms with Gasteiger partial charge in [-0.15, -0.1) is 0 Å². The third kappa shape index (κ3) is 3.63. The van der Waals surface area contributed by atoms with Crippen molar-refractivity contribution in [2.45, 2.75) is 39.8 Å². The number of rotatable bonds is 5. The first-order valence-electron chi connectivity index (χ1n) is 9.09. The van der Waals surface area contributed by atoms with E-state index in [0.717, 1.165) is 39.8 Å². The van der Waals surface area contributed by atoms with E-state index in [9.17, 15) is 0 Å². The van der Waals surface area contributed by atoms with Crippen LogP contribution in [0.25, 0.3) is 16.9 Å². The molecule has 28 heavy (non-hydrogen) atoms. The average Bonchev–Trinajstić information content (AvgIpc) is 3.34. The van der Waals surface area contributed by atoms with Crippen LogP contribution in [0, 0.1) is 6.92 Å². The molecule has 0 unspecified atom stereocenters. The van der Waals surface area contributed by atoms with Gasteiger partial charge in [-0.2, -0.15) is 9.47 Å². The number of nitrogens with one attached hydrogen (secondary N) is 2. The van der Waals surface area contributed by atoms with Gasteiger partial charge in [0.2, 0.25) is 0 Å². The second-order valence-electron chi connectivity index (χ2n) is 7.89. The minimum absolute atomic E-state index is 0.0980. The van der Waals surface area contributed by atoms with E-state index < -0.39 is 0 Å². The molecule has 8 nitrogen and oxygen atoms in total. The molecule has 146 valence electrons. The second kappa shape index (κ2) is 6.99. The normalized spacial score (nSPS) is 12.2. The average molecular weight is 397 g/mol. The highest BCUT2D eigenvalue weighted by atomic mass is 32.1. The van der Waals surface area contributed by atoms with E-state index in [1.807, 2.05) is 29.9 Å². The highest BCUT2D eigenvalue weighted by molar-refractivity contribution is 7.10. The smallest absolute Gasteiger partial charge is 0.180 e. The fourth-order valence-electron chi connectivity index (χ4n) is 2.84. The third-order valence-electron chi connectivity index (χ3n) is 4.75. The van der Waals surface area contributed by atoms with Gasteiger partial charge >= 0.3 is 0 Å². The van der Waals surface area contributed by atoms with Gasteiger partial charge in [0.05, 0.1) is 29.5 Å². The van der Waals surface area contributed by atoms with Crippen LogP contribution in [-0.2, 0) is 6.54 Å². The minimum Gasteiger partial charge on any atom is -0.328 e. The van der Waals surface area contributed by atoms with E-state index in [1.165, 1.54) is 11.5 Å². The van der Waals surface area contributed by atoms with Gasteiger partial charge in [-0.3, -0.25) is 14.4 Å². The van der Waals surface area contributed by atoms with Gasteiger partial charge in [0.25, 0.3) is 0 Å². The van der Waals surface area contributed by atoms with Crippen LogP contribution >= 0.6 is 11.5 Å². The van der Waals surface area contributed by atoms with Crippen LogP contribution in [0.3, 0.4) is 0 Å². The highest BCUT2D eigenvalue weighted by Crippen LogP contribution is 2.28. The molecule has 4 aromatic heterocycles. The molecule has 4 rings (SSSR count). The zero-order valence-electron chi connectivity index (χ0n) is 16.7. The summed E-state index contributed by atoms with van der Waals surface area (Å²) in [5.74, 6) is 0.717. The maximum atomic E-state index is 4.65. The molecular weight excluding hydrogens is 372 g/mol. The standard InChI is InChI=1S/C19H24N8S/c1-12-10-27-15(13-7-21-22-8-13)9-20-18(27)17(23-12)24-16-6-14(25-28-16)11-26(5)19(2,3)4/h6-10H,11H2,1-5H3,(H,21,22)(H,23,24). The van der Waals surface area contributed by atoms with E-state index in [-0.39, 0.29) is 5.54 Å². The van der Waals surface area contributed by atoms with Crippen LogP contribution in [0.15, 0.2) is 30.9 Å². The van der Waals surface area contributed by atoms with Crippen LogP contribution in [-0.4, -0.2) is 46.4 Å². The molecule has 9 heteroatoms. The number of aromatic amines is 1. The van der Waals surface area contributed by atoms with Gasteiger partial charge < -0.3 is 5.32 Å². The molecule has 0 aliphatic carbocycles. The van der Waals surface area contributed by atoms with Gasteiger partial charge in [0.1, 0.15) is 5.00 Å². The van der Waals surface area contributed by atoms with Crippen molar-refractivity contribution in [2.75, 3.05) is 12.4 Å². The third-order valence-corrected chi connectivity index (χ3v) is 5.49. The summed E-state index contributed by atoms with van der Waals surface area (Å²) in [6.07, 6.45) is 7.45. The number of aryl methyl sites for hydroxylation is 1. The Bertz CT molecular complexity index is 1090. The molecule has 0 aromatic carbocycles. The Labute approximate surface area is 167 Å². The number of imidazole rings is 1. The molecule has 0 amide bonds. The Hall–Kier alpha value is -2.78. The van der Waals surface area contributed by atoms with Crippen molar-refractivity contribution in [3.63, 3.8) is 0 Å². The first kappa shape index (κ1) is 18.6. The second-order valence-corrected chi connectivity index (χ2v) is 8.69. The van der Waals surface area contributed by atoms with Crippen molar-refractivity contribution in [1.29, 1.82) is 0 Å². The molecular formula is C19H24N8S. The van der Waals surface area contributed by atoms with Crippen LogP contribution in [0.4, 0.5) is 10.8 Å². The van der Waals surface area contributed by atoms with Crippen LogP contribution in [0.1, 0.15) is 32.2 Å². The lowest BCUT2D eigenvalue weighted by atomic mass is 10.1. The first-order chi connectivity index (χ1) is 13.3. The van der Waals surface area contributed by atoms with Gasteiger partial charge in [-0.1, -0.05) is 0 Å². The number of hydrogen-bond donors (Lipinski definition) is 2. The van der Waals surface area contributed by atoms with E-state index in [0.29, 0.717) is 5.82 Å². The lowest BCUT2D eigenvalue weighted by Crippen LogP contribution is -2.37. The van der Waals surface area contributed by atoms with Crippen molar-refractivity contribution in [3.05, 3.63) is 42.2 Å².